The summed E-state index contributed by atoms with van der Waals surface area (Å²) < 4.78 is 10.4. The molecular weight excluding hydrogens is 340 g/mol. The Balaban J connectivity index is 2.20. The third-order valence-corrected chi connectivity index (χ3v) is 3.56. The number of ether oxygens (including phenoxy) is 2. The fourth-order valence-electron chi connectivity index (χ4n) is 1.58. The number of rotatable bonds is 4. The lowest BCUT2D eigenvalue weighted by Crippen LogP contribution is -2.38. The maximum absolute atomic E-state index is 11.4. The van der Waals surface area contributed by atoms with Crippen LogP contribution < -0.4 is 14.9 Å². The van der Waals surface area contributed by atoms with Crippen LogP contribution in [0.5, 0.6) is 11.5 Å². The van der Waals surface area contributed by atoms with E-state index in [1.165, 1.54) is 12.4 Å². The SMILES string of the molecule is COc1ccc(/C=N\N=C2\C=NNC(=O)C2Br)c(OC)c1. The highest BCUT2D eigenvalue weighted by atomic mass is 79.9. The third kappa shape index (κ3) is 3.66. The van der Waals surface area contributed by atoms with Crippen molar-refractivity contribution >= 4 is 40.0 Å². The summed E-state index contributed by atoms with van der Waals surface area (Å²) in [6.07, 6.45) is 2.97. The lowest BCUT2D eigenvalue weighted by atomic mass is 10.2. The third-order valence-electron chi connectivity index (χ3n) is 2.67. The first-order valence-electron chi connectivity index (χ1n) is 5.95. The molecule has 0 spiro atoms. The van der Waals surface area contributed by atoms with E-state index in [4.69, 9.17) is 9.47 Å². The Hall–Kier alpha value is -2.22. The molecule has 2 rings (SSSR count). The van der Waals surface area contributed by atoms with Crippen LogP contribution in [0.3, 0.4) is 0 Å². The molecule has 1 aromatic rings. The van der Waals surface area contributed by atoms with Crippen LogP contribution in [0.4, 0.5) is 0 Å². The number of carbonyl (C=O) groups excluding carboxylic acids is 1. The zero-order valence-electron chi connectivity index (χ0n) is 11.4. The topological polar surface area (TPSA) is 84.6 Å². The number of carbonyl (C=O) groups is 1. The number of nitrogens with one attached hydrogen (secondary N) is 1. The molecule has 1 aliphatic rings. The highest BCUT2D eigenvalue weighted by Crippen LogP contribution is 2.23. The predicted octanol–water partition coefficient (Wildman–Crippen LogP) is 1.36. The number of methoxy groups -OCH3 is 2. The summed E-state index contributed by atoms with van der Waals surface area (Å²) in [5.41, 5.74) is 3.48. The summed E-state index contributed by atoms with van der Waals surface area (Å²) in [5, 5.41) is 11.6. The zero-order chi connectivity index (χ0) is 15.2. The quantitative estimate of drug-likeness (QED) is 0.504. The summed E-state index contributed by atoms with van der Waals surface area (Å²) in [4.78, 5) is 10.8. The van der Waals surface area contributed by atoms with Gasteiger partial charge in [0.05, 0.1) is 26.6 Å². The van der Waals surface area contributed by atoms with Crippen LogP contribution in [-0.2, 0) is 4.79 Å². The summed E-state index contributed by atoms with van der Waals surface area (Å²) in [7, 11) is 3.14. The first kappa shape index (κ1) is 15.2. The van der Waals surface area contributed by atoms with E-state index in [0.29, 0.717) is 17.2 Å². The minimum absolute atomic E-state index is 0.284. The minimum atomic E-state index is -0.565. The summed E-state index contributed by atoms with van der Waals surface area (Å²) in [6.45, 7) is 0. The molecule has 0 saturated carbocycles. The molecule has 1 aliphatic heterocycles. The molecule has 0 bridgehead atoms. The molecule has 7 nitrogen and oxygen atoms in total. The van der Waals surface area contributed by atoms with Crippen molar-refractivity contribution in [2.24, 2.45) is 15.3 Å². The van der Waals surface area contributed by atoms with Crippen LogP contribution in [0.1, 0.15) is 5.56 Å². The molecule has 8 heteroatoms. The van der Waals surface area contributed by atoms with Gasteiger partial charge in [-0.05, 0) is 12.1 Å². The van der Waals surface area contributed by atoms with Crippen LogP contribution in [-0.4, -0.2) is 43.1 Å². The monoisotopic (exact) mass is 352 g/mol. The molecule has 21 heavy (non-hydrogen) atoms. The van der Waals surface area contributed by atoms with Gasteiger partial charge in [-0.1, -0.05) is 15.9 Å². The van der Waals surface area contributed by atoms with E-state index in [1.54, 1.807) is 32.4 Å². The molecule has 0 aliphatic carbocycles. The Morgan fingerprint density at radius 3 is 2.90 bits per heavy atom. The lowest BCUT2D eigenvalue weighted by Gasteiger charge is -2.11. The zero-order valence-corrected chi connectivity index (χ0v) is 13.0. The normalized spacial score (nSPS) is 19.9. The number of halogens is 1. The molecule has 1 heterocycles. The van der Waals surface area contributed by atoms with Gasteiger partial charge in [0.15, 0.2) is 0 Å². The van der Waals surface area contributed by atoms with Crippen LogP contribution in [0, 0.1) is 0 Å². The van der Waals surface area contributed by atoms with Gasteiger partial charge in [-0.3, -0.25) is 4.79 Å². The molecule has 0 saturated heterocycles. The molecule has 1 atom stereocenters. The van der Waals surface area contributed by atoms with Gasteiger partial charge in [-0.2, -0.15) is 15.3 Å². The molecular formula is C13H13BrN4O3. The highest BCUT2D eigenvalue weighted by Gasteiger charge is 2.23. The molecule has 0 radical (unpaired) electrons. The van der Waals surface area contributed by atoms with Crippen molar-refractivity contribution in [2.75, 3.05) is 14.2 Å². The summed E-state index contributed by atoms with van der Waals surface area (Å²) >= 11 is 3.20. The van der Waals surface area contributed by atoms with Crippen molar-refractivity contribution in [2.45, 2.75) is 4.83 Å². The van der Waals surface area contributed by atoms with Crippen molar-refractivity contribution in [1.82, 2.24) is 5.43 Å². The van der Waals surface area contributed by atoms with Gasteiger partial charge in [0.1, 0.15) is 22.0 Å². The molecule has 1 aromatic carbocycles. The maximum atomic E-state index is 11.4. The number of alkyl halides is 1. The van der Waals surface area contributed by atoms with E-state index in [1.807, 2.05) is 0 Å². The Morgan fingerprint density at radius 1 is 1.38 bits per heavy atom. The smallest absolute Gasteiger partial charge is 0.260 e. The Morgan fingerprint density at radius 2 is 2.19 bits per heavy atom. The van der Waals surface area contributed by atoms with E-state index < -0.39 is 4.83 Å². The Kier molecular flexibility index (Phi) is 5.04. The lowest BCUT2D eigenvalue weighted by molar-refractivity contribution is -0.119. The van der Waals surface area contributed by atoms with Crippen LogP contribution >= 0.6 is 15.9 Å². The van der Waals surface area contributed by atoms with Crippen LogP contribution in [0.15, 0.2) is 33.5 Å². The van der Waals surface area contributed by atoms with Crippen molar-refractivity contribution in [3.05, 3.63) is 23.8 Å². The van der Waals surface area contributed by atoms with Crippen LogP contribution in [0.2, 0.25) is 0 Å². The number of amides is 1. The fourth-order valence-corrected chi connectivity index (χ4v) is 1.89. The Labute approximate surface area is 129 Å². The second kappa shape index (κ2) is 6.98. The number of hydrogen-bond acceptors (Lipinski definition) is 6. The molecule has 0 aromatic heterocycles. The van der Waals surface area contributed by atoms with Gasteiger partial charge < -0.3 is 9.47 Å². The van der Waals surface area contributed by atoms with E-state index in [0.717, 1.165) is 5.56 Å². The second-order valence-corrected chi connectivity index (χ2v) is 4.89. The van der Waals surface area contributed by atoms with Gasteiger partial charge >= 0.3 is 0 Å². The van der Waals surface area contributed by atoms with Gasteiger partial charge in [0.2, 0.25) is 0 Å². The van der Waals surface area contributed by atoms with Gasteiger partial charge in [0.25, 0.3) is 5.91 Å². The van der Waals surface area contributed by atoms with E-state index >= 15 is 0 Å². The summed E-state index contributed by atoms with van der Waals surface area (Å²) in [5.74, 6) is 1.02. The van der Waals surface area contributed by atoms with E-state index in [2.05, 4.69) is 36.7 Å². The number of hydrogen-bond donors (Lipinski definition) is 1. The largest absolute Gasteiger partial charge is 0.497 e. The first-order valence-corrected chi connectivity index (χ1v) is 6.87. The average molecular weight is 353 g/mol. The van der Waals surface area contributed by atoms with Gasteiger partial charge in [-0.15, -0.1) is 0 Å². The van der Waals surface area contributed by atoms with Crippen molar-refractivity contribution in [3.63, 3.8) is 0 Å². The van der Waals surface area contributed by atoms with Crippen molar-refractivity contribution in [3.8, 4) is 11.5 Å². The molecule has 1 unspecified atom stereocenters. The molecule has 0 fully saturated rings. The van der Waals surface area contributed by atoms with Gasteiger partial charge in [-0.25, -0.2) is 5.43 Å². The second-order valence-electron chi connectivity index (χ2n) is 3.97. The minimum Gasteiger partial charge on any atom is -0.497 e. The van der Waals surface area contributed by atoms with E-state index in [-0.39, 0.29) is 5.91 Å². The molecule has 1 N–H and O–H groups in total. The number of nitrogens with zero attached hydrogens (tertiary/aromatic N) is 3. The first-order chi connectivity index (χ1) is 10.2. The Bertz CT molecular complexity index is 628. The van der Waals surface area contributed by atoms with Crippen LogP contribution in [0.25, 0.3) is 0 Å². The molecule has 1 amide bonds. The van der Waals surface area contributed by atoms with Crippen molar-refractivity contribution in [1.29, 1.82) is 0 Å². The fraction of sp³-hybridized carbons (Fsp3) is 0.231. The standard InChI is InChI=1S/C13H13BrN4O3/c1-20-9-4-3-8(11(5-9)21-2)6-15-17-10-7-16-18-13(19)12(10)14/h3-7,12H,1-2H3,(H,18,19)/b15-6-,17-10-. The summed E-state index contributed by atoms with van der Waals surface area (Å²) in [6, 6.07) is 5.34. The predicted molar refractivity (Wildman–Crippen MR) is 83.9 cm³/mol. The van der Waals surface area contributed by atoms with Crippen molar-refractivity contribution < 1.29 is 14.3 Å². The highest BCUT2D eigenvalue weighted by molar-refractivity contribution is 9.10. The van der Waals surface area contributed by atoms with Gasteiger partial charge in [0, 0.05) is 11.6 Å². The number of benzene rings is 1. The molecule has 110 valence electrons. The van der Waals surface area contributed by atoms with E-state index in [9.17, 15) is 4.79 Å². The number of hydrazone groups is 1. The average Bonchev–Trinajstić information content (AvgIpc) is 2.51. The maximum Gasteiger partial charge on any atom is 0.260 e.